The lowest BCUT2D eigenvalue weighted by atomic mass is 10.3. The SMILES string of the molecule is CN(CC(=O)N1CCNCC1)S(=O)(=O)c1cccc(F)c1[N+](=O)[O-]. The molecule has 0 unspecified atom stereocenters. The highest BCUT2D eigenvalue weighted by molar-refractivity contribution is 7.89. The van der Waals surface area contributed by atoms with Gasteiger partial charge in [0.05, 0.1) is 11.5 Å². The molecule has 1 aromatic rings. The van der Waals surface area contributed by atoms with Crippen molar-refractivity contribution in [2.75, 3.05) is 39.8 Å². The topological polar surface area (TPSA) is 113 Å². The number of nitrogens with one attached hydrogen (secondary N) is 1. The molecular weight excluding hydrogens is 343 g/mol. The first-order valence-corrected chi connectivity index (χ1v) is 8.57. The van der Waals surface area contributed by atoms with Gasteiger partial charge in [-0.25, -0.2) is 8.42 Å². The number of likely N-dealkylation sites (N-methyl/N-ethyl adjacent to an activating group) is 1. The summed E-state index contributed by atoms with van der Waals surface area (Å²) in [7, 11) is -3.25. The Balaban J connectivity index is 2.25. The second kappa shape index (κ2) is 7.20. The van der Waals surface area contributed by atoms with E-state index in [1.807, 2.05) is 0 Å². The summed E-state index contributed by atoms with van der Waals surface area (Å²) >= 11 is 0. The first-order chi connectivity index (χ1) is 11.2. The van der Waals surface area contributed by atoms with Gasteiger partial charge in [0.2, 0.25) is 21.7 Å². The summed E-state index contributed by atoms with van der Waals surface area (Å²) in [5.41, 5.74) is -1.13. The second-order valence-corrected chi connectivity index (χ2v) is 7.25. The Morgan fingerprint density at radius 1 is 1.42 bits per heavy atom. The van der Waals surface area contributed by atoms with E-state index < -0.39 is 43.8 Å². The zero-order valence-corrected chi connectivity index (χ0v) is 13.8. The second-order valence-electron chi connectivity index (χ2n) is 5.24. The van der Waals surface area contributed by atoms with Gasteiger partial charge in [0.25, 0.3) is 0 Å². The van der Waals surface area contributed by atoms with Crippen LogP contribution in [-0.2, 0) is 14.8 Å². The number of amides is 1. The molecular formula is C13H17FN4O5S. The standard InChI is InChI=1S/C13H17FN4O5S/c1-16(9-12(19)17-7-5-15-6-8-17)24(22,23)11-4-2-3-10(14)13(11)18(20)21/h2-4,15H,5-9H2,1H3. The van der Waals surface area contributed by atoms with Crippen LogP contribution < -0.4 is 5.32 Å². The Bertz CT molecular complexity index is 749. The van der Waals surface area contributed by atoms with Crippen LogP contribution in [0.15, 0.2) is 23.1 Å². The number of nitro benzene ring substituents is 1. The van der Waals surface area contributed by atoms with Crippen LogP contribution in [0.25, 0.3) is 0 Å². The van der Waals surface area contributed by atoms with E-state index in [2.05, 4.69) is 5.32 Å². The lowest BCUT2D eigenvalue weighted by Gasteiger charge is -2.29. The van der Waals surface area contributed by atoms with Gasteiger partial charge in [-0.05, 0) is 12.1 Å². The molecule has 1 fully saturated rings. The van der Waals surface area contributed by atoms with Crippen molar-refractivity contribution in [1.29, 1.82) is 0 Å². The summed E-state index contributed by atoms with van der Waals surface area (Å²) < 4.78 is 39.3. The molecule has 9 nitrogen and oxygen atoms in total. The van der Waals surface area contributed by atoms with E-state index in [0.29, 0.717) is 30.5 Å². The van der Waals surface area contributed by atoms with Crippen LogP contribution in [0.3, 0.4) is 0 Å². The molecule has 1 amide bonds. The summed E-state index contributed by atoms with van der Waals surface area (Å²) in [4.78, 5) is 22.8. The fourth-order valence-electron chi connectivity index (χ4n) is 2.34. The van der Waals surface area contributed by atoms with Crippen LogP contribution in [0.5, 0.6) is 0 Å². The van der Waals surface area contributed by atoms with Crippen molar-refractivity contribution in [1.82, 2.24) is 14.5 Å². The van der Waals surface area contributed by atoms with Crippen LogP contribution in [0.2, 0.25) is 0 Å². The average Bonchev–Trinajstić information content (AvgIpc) is 2.54. The highest BCUT2D eigenvalue weighted by atomic mass is 32.2. The number of nitrogens with zero attached hydrogens (tertiary/aromatic N) is 3. The van der Waals surface area contributed by atoms with E-state index in [1.54, 1.807) is 0 Å². The monoisotopic (exact) mass is 360 g/mol. The summed E-state index contributed by atoms with van der Waals surface area (Å²) in [5, 5.41) is 14.0. The van der Waals surface area contributed by atoms with Gasteiger partial charge in [0, 0.05) is 33.2 Å². The van der Waals surface area contributed by atoms with Crippen molar-refractivity contribution in [2.45, 2.75) is 4.90 Å². The maximum absolute atomic E-state index is 13.6. The molecule has 0 aliphatic carbocycles. The zero-order valence-electron chi connectivity index (χ0n) is 12.9. The fraction of sp³-hybridized carbons (Fsp3) is 0.462. The van der Waals surface area contributed by atoms with Gasteiger partial charge in [0.15, 0.2) is 4.90 Å². The number of hydrogen-bond donors (Lipinski definition) is 1. The van der Waals surface area contributed by atoms with Crippen LogP contribution in [0, 0.1) is 15.9 Å². The first kappa shape index (κ1) is 18.2. The van der Waals surface area contributed by atoms with Gasteiger partial charge in [-0.15, -0.1) is 0 Å². The number of para-hydroxylation sites is 1. The number of piperazine rings is 1. The Kier molecular flexibility index (Phi) is 5.47. The highest BCUT2D eigenvalue weighted by Gasteiger charge is 2.33. The number of carbonyl (C=O) groups is 1. The molecule has 2 rings (SSSR count). The first-order valence-electron chi connectivity index (χ1n) is 7.13. The quantitative estimate of drug-likeness (QED) is 0.574. The summed E-state index contributed by atoms with van der Waals surface area (Å²) in [6.45, 7) is 1.64. The molecule has 1 aliphatic rings. The lowest BCUT2D eigenvalue weighted by Crippen LogP contribution is -2.49. The molecule has 1 saturated heterocycles. The number of sulfonamides is 1. The number of carbonyl (C=O) groups excluding carboxylic acids is 1. The third-order valence-electron chi connectivity index (χ3n) is 3.65. The molecule has 0 aromatic heterocycles. The van der Waals surface area contributed by atoms with Gasteiger partial charge >= 0.3 is 5.69 Å². The molecule has 1 heterocycles. The van der Waals surface area contributed by atoms with Crippen LogP contribution in [0.4, 0.5) is 10.1 Å². The van der Waals surface area contributed by atoms with E-state index in [1.165, 1.54) is 4.90 Å². The normalized spacial score (nSPS) is 15.5. The van der Waals surface area contributed by atoms with Crippen LogP contribution in [-0.4, -0.2) is 68.2 Å². The number of benzene rings is 1. The van der Waals surface area contributed by atoms with Gasteiger partial charge in [-0.1, -0.05) is 6.07 Å². The number of halogens is 1. The molecule has 24 heavy (non-hydrogen) atoms. The zero-order chi connectivity index (χ0) is 17.9. The van der Waals surface area contributed by atoms with Gasteiger partial charge in [-0.2, -0.15) is 8.70 Å². The Labute approximate surface area is 138 Å². The third kappa shape index (κ3) is 3.68. The Morgan fingerprint density at radius 3 is 2.62 bits per heavy atom. The smallest absolute Gasteiger partial charge is 0.324 e. The average molecular weight is 360 g/mol. The van der Waals surface area contributed by atoms with Crippen LogP contribution in [0.1, 0.15) is 0 Å². The molecule has 0 bridgehead atoms. The molecule has 11 heteroatoms. The van der Waals surface area contributed by atoms with E-state index in [0.717, 1.165) is 25.2 Å². The third-order valence-corrected chi connectivity index (χ3v) is 5.48. The molecule has 0 saturated carbocycles. The number of hydrogen-bond acceptors (Lipinski definition) is 6. The molecule has 1 N–H and O–H groups in total. The summed E-state index contributed by atoms with van der Waals surface area (Å²) in [6, 6.07) is 2.83. The molecule has 0 radical (unpaired) electrons. The maximum Gasteiger partial charge on any atom is 0.324 e. The predicted molar refractivity (Wildman–Crippen MR) is 82.3 cm³/mol. The van der Waals surface area contributed by atoms with Crippen molar-refractivity contribution in [2.24, 2.45) is 0 Å². The van der Waals surface area contributed by atoms with Gasteiger partial charge < -0.3 is 10.2 Å². The van der Waals surface area contributed by atoms with Crippen molar-refractivity contribution in [3.8, 4) is 0 Å². The van der Waals surface area contributed by atoms with Crippen molar-refractivity contribution < 1.29 is 22.5 Å². The van der Waals surface area contributed by atoms with Crippen LogP contribution >= 0.6 is 0 Å². The predicted octanol–water partition coefficient (Wildman–Crippen LogP) is -0.214. The summed E-state index contributed by atoms with van der Waals surface area (Å²) in [6.07, 6.45) is 0. The minimum Gasteiger partial charge on any atom is -0.339 e. The van der Waals surface area contributed by atoms with Gasteiger partial charge in [-0.3, -0.25) is 14.9 Å². The Hall–Kier alpha value is -2.11. The van der Waals surface area contributed by atoms with E-state index in [4.69, 9.17) is 0 Å². The number of rotatable bonds is 5. The Morgan fingerprint density at radius 2 is 2.04 bits per heavy atom. The molecule has 0 spiro atoms. The summed E-state index contributed by atoms with van der Waals surface area (Å²) in [5.74, 6) is -1.66. The highest BCUT2D eigenvalue weighted by Crippen LogP contribution is 2.28. The molecule has 0 atom stereocenters. The minimum absolute atomic E-state index is 0.415. The van der Waals surface area contributed by atoms with Crippen molar-refractivity contribution in [3.05, 3.63) is 34.1 Å². The lowest BCUT2D eigenvalue weighted by molar-refractivity contribution is -0.390. The van der Waals surface area contributed by atoms with Gasteiger partial charge in [0.1, 0.15) is 0 Å². The largest absolute Gasteiger partial charge is 0.339 e. The van der Waals surface area contributed by atoms with E-state index in [9.17, 15) is 27.7 Å². The number of nitro groups is 1. The van der Waals surface area contributed by atoms with E-state index in [-0.39, 0.29) is 0 Å². The maximum atomic E-state index is 13.6. The molecule has 1 aliphatic heterocycles. The molecule has 1 aromatic carbocycles. The minimum atomic E-state index is -4.38. The molecule has 132 valence electrons. The van der Waals surface area contributed by atoms with Crippen molar-refractivity contribution in [3.63, 3.8) is 0 Å². The fourth-order valence-corrected chi connectivity index (χ4v) is 3.62. The van der Waals surface area contributed by atoms with Crippen molar-refractivity contribution >= 4 is 21.6 Å². The van der Waals surface area contributed by atoms with E-state index >= 15 is 0 Å².